The molecule has 0 atom stereocenters. The molecule has 2 N–H and O–H groups in total. The second kappa shape index (κ2) is 12.4. The number of halogens is 1. The molecular formula is C23H31IN4O2. The molecule has 0 radical (unpaired) electrons. The number of likely N-dealkylation sites (tertiary alicyclic amines) is 1. The highest BCUT2D eigenvalue weighted by Crippen LogP contribution is 2.19. The highest BCUT2D eigenvalue weighted by atomic mass is 127. The minimum atomic E-state index is -0.161. The van der Waals surface area contributed by atoms with Crippen molar-refractivity contribution < 1.29 is 9.21 Å². The van der Waals surface area contributed by atoms with Crippen LogP contribution in [0.3, 0.4) is 0 Å². The maximum atomic E-state index is 12.0. The predicted molar refractivity (Wildman–Crippen MR) is 132 cm³/mol. The van der Waals surface area contributed by atoms with Crippen molar-refractivity contribution in [3.8, 4) is 0 Å². The zero-order chi connectivity index (χ0) is 20.5. The van der Waals surface area contributed by atoms with Gasteiger partial charge >= 0.3 is 0 Å². The summed E-state index contributed by atoms with van der Waals surface area (Å²) in [6, 6.07) is 12.3. The molecule has 1 fully saturated rings. The Kier molecular flexibility index (Phi) is 9.93. The van der Waals surface area contributed by atoms with Crippen LogP contribution >= 0.6 is 24.0 Å². The van der Waals surface area contributed by atoms with Crippen molar-refractivity contribution in [2.75, 3.05) is 33.2 Å². The van der Waals surface area contributed by atoms with E-state index >= 15 is 0 Å². The lowest BCUT2D eigenvalue weighted by atomic mass is 10.0. The Bertz CT molecular complexity index is 851. The summed E-state index contributed by atoms with van der Waals surface area (Å²) in [6.07, 6.45) is 6.76. The number of carbonyl (C=O) groups excluding carboxylic acids is 1. The molecule has 0 bridgehead atoms. The first-order valence-electron chi connectivity index (χ1n) is 10.2. The number of furan rings is 1. The van der Waals surface area contributed by atoms with Crippen LogP contribution in [0.5, 0.6) is 0 Å². The van der Waals surface area contributed by atoms with Gasteiger partial charge in [0.1, 0.15) is 0 Å². The normalized spacial score (nSPS) is 14.1. The maximum Gasteiger partial charge on any atom is 0.287 e. The average molecular weight is 522 g/mol. The highest BCUT2D eigenvalue weighted by molar-refractivity contribution is 14.0. The summed E-state index contributed by atoms with van der Waals surface area (Å²) in [5.74, 6) is 1.16. The number of carbonyl (C=O) groups is 1. The Morgan fingerprint density at radius 2 is 1.83 bits per heavy atom. The van der Waals surface area contributed by atoms with Crippen molar-refractivity contribution >= 4 is 41.9 Å². The maximum absolute atomic E-state index is 12.0. The van der Waals surface area contributed by atoms with Gasteiger partial charge in [0.15, 0.2) is 11.7 Å². The minimum Gasteiger partial charge on any atom is -0.459 e. The first-order valence-corrected chi connectivity index (χ1v) is 10.2. The van der Waals surface area contributed by atoms with Crippen molar-refractivity contribution in [3.63, 3.8) is 0 Å². The summed E-state index contributed by atoms with van der Waals surface area (Å²) in [5, 5.41) is 6.30. The molecule has 1 aliphatic heterocycles. The van der Waals surface area contributed by atoms with Crippen LogP contribution in [-0.4, -0.2) is 50.0 Å². The molecule has 2 aromatic rings. The van der Waals surface area contributed by atoms with E-state index in [1.807, 2.05) is 20.0 Å². The van der Waals surface area contributed by atoms with Gasteiger partial charge in [-0.15, -0.1) is 24.0 Å². The fraction of sp³-hybridized carbons (Fsp3) is 0.391. The van der Waals surface area contributed by atoms with E-state index in [0.717, 1.165) is 50.4 Å². The molecule has 3 rings (SSSR count). The van der Waals surface area contributed by atoms with E-state index in [0.29, 0.717) is 12.3 Å². The van der Waals surface area contributed by atoms with Gasteiger partial charge in [-0.2, -0.15) is 0 Å². The van der Waals surface area contributed by atoms with Crippen LogP contribution < -0.4 is 10.6 Å². The van der Waals surface area contributed by atoms with Crippen LogP contribution in [-0.2, 0) is 0 Å². The third-order valence-corrected chi connectivity index (χ3v) is 5.08. The Balaban J connectivity index is 0.00000320. The number of guanidine groups is 1. The minimum absolute atomic E-state index is 0. The third kappa shape index (κ3) is 6.90. The fourth-order valence-electron chi connectivity index (χ4n) is 3.44. The van der Waals surface area contributed by atoms with Crippen LogP contribution in [0.2, 0.25) is 0 Å². The van der Waals surface area contributed by atoms with Gasteiger partial charge in [-0.3, -0.25) is 9.79 Å². The van der Waals surface area contributed by atoms with E-state index in [1.54, 1.807) is 6.07 Å². The predicted octanol–water partition coefficient (Wildman–Crippen LogP) is 4.08. The molecule has 0 saturated carbocycles. The van der Waals surface area contributed by atoms with Crippen molar-refractivity contribution in [2.24, 2.45) is 4.99 Å². The van der Waals surface area contributed by atoms with Gasteiger partial charge in [-0.1, -0.05) is 42.0 Å². The molecule has 0 unspecified atom stereocenters. The fourth-order valence-corrected chi connectivity index (χ4v) is 3.44. The number of hydrogen-bond donors (Lipinski definition) is 2. The van der Waals surface area contributed by atoms with Crippen LogP contribution in [0.25, 0.3) is 6.08 Å². The summed E-state index contributed by atoms with van der Waals surface area (Å²) in [4.78, 5) is 18.7. The summed E-state index contributed by atoms with van der Waals surface area (Å²) >= 11 is 0. The number of nitrogens with zero attached hydrogens (tertiary/aromatic N) is 2. The van der Waals surface area contributed by atoms with E-state index in [2.05, 4.69) is 50.9 Å². The quantitative estimate of drug-likeness (QED) is 0.260. The summed E-state index contributed by atoms with van der Waals surface area (Å²) in [5.41, 5.74) is 3.61. The van der Waals surface area contributed by atoms with Crippen LogP contribution in [0.15, 0.2) is 57.6 Å². The number of rotatable bonds is 6. The molecule has 1 aromatic carbocycles. The molecule has 30 heavy (non-hydrogen) atoms. The van der Waals surface area contributed by atoms with E-state index in [9.17, 15) is 4.79 Å². The molecular weight excluding hydrogens is 491 g/mol. The first kappa shape index (κ1) is 24.0. The van der Waals surface area contributed by atoms with Crippen molar-refractivity contribution in [2.45, 2.75) is 26.2 Å². The van der Waals surface area contributed by atoms with Gasteiger partial charge in [0, 0.05) is 38.8 Å². The summed E-state index contributed by atoms with van der Waals surface area (Å²) in [6.45, 7) is 5.14. The molecule has 1 aliphatic rings. The Morgan fingerprint density at radius 3 is 2.47 bits per heavy atom. The third-order valence-electron chi connectivity index (χ3n) is 5.08. The van der Waals surface area contributed by atoms with Gasteiger partial charge < -0.3 is 20.0 Å². The van der Waals surface area contributed by atoms with E-state index in [1.165, 1.54) is 17.4 Å². The van der Waals surface area contributed by atoms with E-state index in [4.69, 9.17) is 4.42 Å². The summed E-state index contributed by atoms with van der Waals surface area (Å²) in [7, 11) is 1.82. The van der Waals surface area contributed by atoms with Gasteiger partial charge in [0.2, 0.25) is 0 Å². The highest BCUT2D eigenvalue weighted by Gasteiger charge is 2.17. The second-order valence-electron chi connectivity index (χ2n) is 7.22. The Morgan fingerprint density at radius 1 is 1.13 bits per heavy atom. The monoisotopic (exact) mass is 522 g/mol. The molecule has 7 heteroatoms. The van der Waals surface area contributed by atoms with E-state index in [-0.39, 0.29) is 29.9 Å². The molecule has 1 aromatic heterocycles. The number of aryl methyl sites for hydroxylation is 1. The molecule has 0 spiro atoms. The molecule has 162 valence electrons. The lowest BCUT2D eigenvalue weighted by Crippen LogP contribution is -2.45. The standard InChI is InChI=1S/C23H30N4O2.HI/c1-18-11-16-29-21(18)22(28)25-12-6-13-26-23(24-2)27-14-9-20(10-15-27)17-19-7-4-3-5-8-19;/h3-5,7-8,11,16-17H,6,9-10,12-15H2,1-2H3,(H,24,26)(H,25,28);1H. The largest absolute Gasteiger partial charge is 0.459 e. The van der Waals surface area contributed by atoms with Crippen molar-refractivity contribution in [1.82, 2.24) is 15.5 Å². The average Bonchev–Trinajstić information content (AvgIpc) is 3.18. The second-order valence-corrected chi connectivity index (χ2v) is 7.22. The first-order chi connectivity index (χ1) is 14.2. The van der Waals surface area contributed by atoms with Crippen LogP contribution in [0.1, 0.15) is 40.9 Å². The molecule has 1 saturated heterocycles. The molecule has 1 amide bonds. The number of benzene rings is 1. The van der Waals surface area contributed by atoms with Crippen LogP contribution in [0, 0.1) is 6.92 Å². The lowest BCUT2D eigenvalue weighted by molar-refractivity contribution is 0.0925. The van der Waals surface area contributed by atoms with Gasteiger partial charge in [0.05, 0.1) is 6.26 Å². The van der Waals surface area contributed by atoms with E-state index < -0.39 is 0 Å². The van der Waals surface area contributed by atoms with Gasteiger partial charge in [-0.25, -0.2) is 0 Å². The molecule has 6 nitrogen and oxygen atoms in total. The Hall–Kier alpha value is -2.29. The van der Waals surface area contributed by atoms with Crippen molar-refractivity contribution in [1.29, 1.82) is 0 Å². The number of hydrogen-bond acceptors (Lipinski definition) is 3. The lowest BCUT2D eigenvalue weighted by Gasteiger charge is -2.31. The van der Waals surface area contributed by atoms with Gasteiger partial charge in [0.25, 0.3) is 5.91 Å². The number of piperidine rings is 1. The SMILES string of the molecule is CN=C(NCCCNC(=O)c1occc1C)N1CCC(=Cc2ccccc2)CC1.I. The van der Waals surface area contributed by atoms with Gasteiger partial charge in [-0.05, 0) is 37.8 Å². The molecule has 2 heterocycles. The summed E-state index contributed by atoms with van der Waals surface area (Å²) < 4.78 is 5.21. The number of nitrogens with one attached hydrogen (secondary N) is 2. The smallest absolute Gasteiger partial charge is 0.287 e. The molecule has 0 aliphatic carbocycles. The Labute approximate surface area is 195 Å². The number of aliphatic imine (C=N–C) groups is 1. The zero-order valence-corrected chi connectivity index (χ0v) is 20.0. The van der Waals surface area contributed by atoms with Crippen molar-refractivity contribution in [3.05, 3.63) is 65.1 Å². The number of amides is 1. The zero-order valence-electron chi connectivity index (χ0n) is 17.7. The van der Waals surface area contributed by atoms with Crippen LogP contribution in [0.4, 0.5) is 0 Å². The topological polar surface area (TPSA) is 69.9 Å².